The van der Waals surface area contributed by atoms with E-state index >= 15 is 0 Å². The number of H-pyrrole nitrogens is 1. The molecule has 3 N–H and O–H groups in total. The van der Waals surface area contributed by atoms with E-state index in [0.717, 1.165) is 18.5 Å². The third kappa shape index (κ3) is 1.47. The molecule has 0 atom stereocenters. The van der Waals surface area contributed by atoms with Gasteiger partial charge < -0.3 is 10.5 Å². The molecular formula is C10H11N5O2. The zero-order valence-corrected chi connectivity index (χ0v) is 9.01. The number of hydrogen-bond acceptors (Lipinski definition) is 4. The zero-order chi connectivity index (χ0) is 11.8. The first kappa shape index (κ1) is 9.88. The summed E-state index contributed by atoms with van der Waals surface area (Å²) in [5.41, 5.74) is 6.95. The predicted molar refractivity (Wildman–Crippen MR) is 58.4 cm³/mol. The number of carbonyl (C=O) groups is 1. The van der Waals surface area contributed by atoms with E-state index in [1.165, 1.54) is 0 Å². The van der Waals surface area contributed by atoms with Gasteiger partial charge in [0.2, 0.25) is 5.88 Å². The van der Waals surface area contributed by atoms with Crippen LogP contribution in [0.1, 0.15) is 16.8 Å². The van der Waals surface area contributed by atoms with Crippen molar-refractivity contribution in [2.45, 2.75) is 13.0 Å². The summed E-state index contributed by atoms with van der Waals surface area (Å²) in [5.74, 6) is -0.0794. The Balaban J connectivity index is 2.21. The van der Waals surface area contributed by atoms with Crippen LogP contribution in [0.2, 0.25) is 0 Å². The number of nitrogens with one attached hydrogen (secondary N) is 1. The minimum Gasteiger partial charge on any atom is -0.477 e. The Hall–Kier alpha value is -2.31. The van der Waals surface area contributed by atoms with Crippen molar-refractivity contribution in [3.05, 3.63) is 18.0 Å². The maximum Gasteiger partial charge on any atom is 0.256 e. The minimum atomic E-state index is -0.538. The average molecular weight is 233 g/mol. The van der Waals surface area contributed by atoms with E-state index in [4.69, 9.17) is 10.5 Å². The summed E-state index contributed by atoms with van der Waals surface area (Å²) in [4.78, 5) is 11.5. The summed E-state index contributed by atoms with van der Waals surface area (Å²) < 4.78 is 7.14. The van der Waals surface area contributed by atoms with Crippen molar-refractivity contribution >= 4 is 5.91 Å². The minimum absolute atomic E-state index is 0.325. The number of nitrogens with zero attached hydrogens (tertiary/aromatic N) is 3. The molecule has 88 valence electrons. The molecule has 0 spiro atoms. The zero-order valence-electron chi connectivity index (χ0n) is 9.01. The van der Waals surface area contributed by atoms with Crippen molar-refractivity contribution < 1.29 is 9.53 Å². The Morgan fingerprint density at radius 1 is 1.59 bits per heavy atom. The average Bonchev–Trinajstić information content (AvgIpc) is 2.95. The lowest BCUT2D eigenvalue weighted by atomic mass is 10.1. The molecule has 1 aliphatic rings. The van der Waals surface area contributed by atoms with Crippen molar-refractivity contribution in [2.24, 2.45) is 5.73 Å². The van der Waals surface area contributed by atoms with Gasteiger partial charge in [0, 0.05) is 24.7 Å². The molecule has 0 bridgehead atoms. The maximum absolute atomic E-state index is 11.5. The monoisotopic (exact) mass is 233 g/mol. The van der Waals surface area contributed by atoms with Crippen LogP contribution < -0.4 is 10.5 Å². The molecule has 0 saturated heterocycles. The van der Waals surface area contributed by atoms with Crippen LogP contribution in [0.3, 0.4) is 0 Å². The first-order chi connectivity index (χ1) is 8.27. The van der Waals surface area contributed by atoms with Gasteiger partial charge in [-0.2, -0.15) is 10.2 Å². The number of nitrogens with two attached hydrogens (primary N) is 1. The van der Waals surface area contributed by atoms with Gasteiger partial charge in [-0.15, -0.1) is 0 Å². The van der Waals surface area contributed by atoms with E-state index in [1.54, 1.807) is 17.1 Å². The molecular weight excluding hydrogens is 222 g/mol. The molecule has 0 fully saturated rings. The lowest BCUT2D eigenvalue weighted by Crippen LogP contribution is -2.18. The highest BCUT2D eigenvalue weighted by Gasteiger charge is 2.26. The highest BCUT2D eigenvalue weighted by atomic mass is 16.5. The number of aromatic nitrogens is 4. The third-order valence-electron chi connectivity index (χ3n) is 2.68. The first-order valence-electron chi connectivity index (χ1n) is 5.30. The summed E-state index contributed by atoms with van der Waals surface area (Å²) in [6, 6.07) is 0. The smallest absolute Gasteiger partial charge is 0.256 e. The summed E-state index contributed by atoms with van der Waals surface area (Å²) >= 11 is 0. The topological polar surface area (TPSA) is 98.8 Å². The Bertz CT molecular complexity index is 558. The molecule has 1 amide bonds. The maximum atomic E-state index is 11.5. The number of hydrogen-bond donors (Lipinski definition) is 2. The molecule has 1 aliphatic heterocycles. The highest BCUT2D eigenvalue weighted by Crippen LogP contribution is 2.31. The fraction of sp³-hybridized carbons (Fsp3) is 0.300. The number of carbonyl (C=O) groups excluding carboxylic acids is 1. The second kappa shape index (κ2) is 3.62. The normalized spacial score (nSPS) is 14.1. The van der Waals surface area contributed by atoms with Gasteiger partial charge in [-0.05, 0) is 0 Å². The Labute approximate surface area is 96.6 Å². The molecule has 2 aromatic heterocycles. The van der Waals surface area contributed by atoms with Gasteiger partial charge in [-0.3, -0.25) is 9.89 Å². The van der Waals surface area contributed by atoms with Gasteiger partial charge in [0.15, 0.2) is 0 Å². The standard InChI is InChI=1S/C10H11N5O2/c11-9(16)7-8(6-4-12-13-5-6)14-15-2-1-3-17-10(7)15/h4-5H,1-3H2,(H2,11,16)(H,12,13). The van der Waals surface area contributed by atoms with Gasteiger partial charge in [0.05, 0.1) is 12.8 Å². The van der Waals surface area contributed by atoms with Crippen LogP contribution in [0.25, 0.3) is 11.3 Å². The molecule has 3 rings (SSSR count). The molecule has 0 aliphatic carbocycles. The molecule has 0 radical (unpaired) electrons. The molecule has 0 aromatic carbocycles. The lowest BCUT2D eigenvalue weighted by molar-refractivity contribution is 0.0994. The number of aryl methyl sites for hydroxylation is 1. The van der Waals surface area contributed by atoms with Crippen molar-refractivity contribution in [3.8, 4) is 17.1 Å². The molecule has 2 aromatic rings. The first-order valence-corrected chi connectivity index (χ1v) is 5.30. The van der Waals surface area contributed by atoms with E-state index in [0.29, 0.717) is 23.7 Å². The van der Waals surface area contributed by atoms with Crippen LogP contribution in [-0.2, 0) is 6.54 Å². The molecule has 17 heavy (non-hydrogen) atoms. The Kier molecular flexibility index (Phi) is 2.10. The van der Waals surface area contributed by atoms with E-state index in [9.17, 15) is 4.79 Å². The van der Waals surface area contributed by atoms with Crippen molar-refractivity contribution in [1.29, 1.82) is 0 Å². The summed E-state index contributed by atoms with van der Waals surface area (Å²) in [6.45, 7) is 1.31. The number of amides is 1. The quantitative estimate of drug-likeness (QED) is 0.771. The van der Waals surface area contributed by atoms with E-state index < -0.39 is 5.91 Å². The summed E-state index contributed by atoms with van der Waals surface area (Å²) in [5, 5.41) is 10.9. The van der Waals surface area contributed by atoms with Crippen LogP contribution in [-0.4, -0.2) is 32.5 Å². The number of fused-ring (bicyclic) bond motifs is 1. The third-order valence-corrected chi connectivity index (χ3v) is 2.68. The number of aromatic amines is 1. The largest absolute Gasteiger partial charge is 0.477 e. The molecule has 0 saturated carbocycles. The summed E-state index contributed by atoms with van der Waals surface area (Å²) in [6.07, 6.45) is 4.14. The molecule has 3 heterocycles. The van der Waals surface area contributed by atoms with Crippen LogP contribution >= 0.6 is 0 Å². The summed E-state index contributed by atoms with van der Waals surface area (Å²) in [7, 11) is 0. The van der Waals surface area contributed by atoms with Gasteiger partial charge in [0.25, 0.3) is 5.91 Å². The Morgan fingerprint density at radius 2 is 2.47 bits per heavy atom. The van der Waals surface area contributed by atoms with Crippen LogP contribution in [0, 0.1) is 0 Å². The lowest BCUT2D eigenvalue weighted by Gasteiger charge is -2.14. The van der Waals surface area contributed by atoms with Crippen LogP contribution in [0.5, 0.6) is 5.88 Å². The fourth-order valence-electron chi connectivity index (χ4n) is 1.93. The number of rotatable bonds is 2. The van der Waals surface area contributed by atoms with E-state index in [1.807, 2.05) is 0 Å². The van der Waals surface area contributed by atoms with Gasteiger partial charge >= 0.3 is 0 Å². The second-order valence-corrected chi connectivity index (χ2v) is 3.81. The number of ether oxygens (including phenoxy) is 1. The molecule has 7 nitrogen and oxygen atoms in total. The number of primary amides is 1. The van der Waals surface area contributed by atoms with Gasteiger partial charge in [-0.25, -0.2) is 4.68 Å². The predicted octanol–water partition coefficient (Wildman–Crippen LogP) is 0.155. The highest BCUT2D eigenvalue weighted by molar-refractivity contribution is 6.01. The fourth-order valence-corrected chi connectivity index (χ4v) is 1.93. The van der Waals surface area contributed by atoms with Crippen LogP contribution in [0.4, 0.5) is 0 Å². The SMILES string of the molecule is NC(=O)c1c(-c2cn[nH]c2)nn2c1OCCC2. The van der Waals surface area contributed by atoms with Crippen molar-refractivity contribution in [3.63, 3.8) is 0 Å². The van der Waals surface area contributed by atoms with E-state index in [-0.39, 0.29) is 0 Å². The molecule has 0 unspecified atom stereocenters. The second-order valence-electron chi connectivity index (χ2n) is 3.81. The van der Waals surface area contributed by atoms with Crippen molar-refractivity contribution in [1.82, 2.24) is 20.0 Å². The molecule has 7 heteroatoms. The van der Waals surface area contributed by atoms with Crippen LogP contribution in [0.15, 0.2) is 12.4 Å². The van der Waals surface area contributed by atoms with Gasteiger partial charge in [-0.1, -0.05) is 0 Å². The van der Waals surface area contributed by atoms with Crippen molar-refractivity contribution in [2.75, 3.05) is 6.61 Å². The Morgan fingerprint density at radius 3 is 3.18 bits per heavy atom. The van der Waals surface area contributed by atoms with Gasteiger partial charge in [0.1, 0.15) is 11.3 Å². The van der Waals surface area contributed by atoms with E-state index in [2.05, 4.69) is 15.3 Å².